The fourth-order valence-electron chi connectivity index (χ4n) is 3.10. The van der Waals surface area contributed by atoms with Crippen molar-refractivity contribution in [3.8, 4) is 23.0 Å². The molecule has 0 aliphatic carbocycles. The molecule has 0 amide bonds. The van der Waals surface area contributed by atoms with Crippen LogP contribution in [-0.2, 0) is 9.53 Å². The summed E-state index contributed by atoms with van der Waals surface area (Å²) in [5.74, 6) is 0.656. The Bertz CT molecular complexity index is 1280. The van der Waals surface area contributed by atoms with Crippen LogP contribution in [0.15, 0.2) is 58.3 Å². The molecule has 156 valence electrons. The molecule has 0 saturated heterocycles. The minimum Gasteiger partial charge on any atom is -0.457 e. The molecule has 31 heavy (non-hydrogen) atoms. The minimum atomic E-state index is -0.555. The van der Waals surface area contributed by atoms with Gasteiger partial charge in [-0.05, 0) is 24.3 Å². The first-order chi connectivity index (χ1) is 15.2. The predicted molar refractivity (Wildman–Crippen MR) is 110 cm³/mol. The van der Waals surface area contributed by atoms with Crippen molar-refractivity contribution in [3.05, 3.63) is 54.2 Å². The van der Waals surface area contributed by atoms with Crippen molar-refractivity contribution in [3.63, 3.8) is 0 Å². The molecule has 3 heterocycles. The van der Waals surface area contributed by atoms with Crippen molar-refractivity contribution < 1.29 is 28.2 Å². The van der Waals surface area contributed by atoms with Crippen LogP contribution in [0, 0.1) is 0 Å². The number of ether oxygens (including phenoxy) is 3. The number of carbonyl (C=O) groups excluding carboxylic acids is 2. The highest BCUT2D eigenvalue weighted by molar-refractivity contribution is 7.99. The molecule has 2 aromatic heterocycles. The van der Waals surface area contributed by atoms with E-state index in [1.54, 1.807) is 24.4 Å². The quantitative estimate of drug-likeness (QED) is 0.263. The molecule has 5 rings (SSSR count). The van der Waals surface area contributed by atoms with Crippen LogP contribution >= 0.6 is 11.8 Å². The van der Waals surface area contributed by atoms with Crippen LogP contribution in [0.2, 0.25) is 0 Å². The van der Waals surface area contributed by atoms with Crippen molar-refractivity contribution in [1.29, 1.82) is 0 Å². The third-order valence-electron chi connectivity index (χ3n) is 4.59. The summed E-state index contributed by atoms with van der Waals surface area (Å²) in [5.41, 5.74) is 2.01. The maximum absolute atomic E-state index is 12.4. The number of aromatic amines is 1. The van der Waals surface area contributed by atoms with Crippen LogP contribution in [-0.4, -0.2) is 46.1 Å². The first-order valence-corrected chi connectivity index (χ1v) is 10.3. The van der Waals surface area contributed by atoms with E-state index in [-0.39, 0.29) is 30.2 Å². The molecule has 0 radical (unpaired) electrons. The average Bonchev–Trinajstić information content (AvgIpc) is 3.54. The first-order valence-electron chi connectivity index (χ1n) is 9.28. The second-order valence-electron chi connectivity index (χ2n) is 6.56. The summed E-state index contributed by atoms with van der Waals surface area (Å²) in [6, 6.07) is 12.7. The van der Waals surface area contributed by atoms with E-state index in [4.69, 9.17) is 18.6 Å². The molecular weight excluding hydrogens is 422 g/mol. The summed E-state index contributed by atoms with van der Waals surface area (Å²) in [6.45, 7) is -0.165. The van der Waals surface area contributed by atoms with Gasteiger partial charge < -0.3 is 23.6 Å². The lowest BCUT2D eigenvalue weighted by molar-refractivity contribution is -0.139. The van der Waals surface area contributed by atoms with Gasteiger partial charge in [0, 0.05) is 28.2 Å². The van der Waals surface area contributed by atoms with Crippen LogP contribution < -0.4 is 9.47 Å². The number of para-hydroxylation sites is 1. The van der Waals surface area contributed by atoms with Gasteiger partial charge in [-0.3, -0.25) is 9.59 Å². The number of rotatable bonds is 7. The molecule has 0 bridgehead atoms. The molecule has 9 nitrogen and oxygen atoms in total. The topological polar surface area (TPSA) is 117 Å². The Hall–Kier alpha value is -3.79. The fourth-order valence-corrected chi connectivity index (χ4v) is 3.66. The average molecular weight is 437 g/mol. The number of thioether (sulfide) groups is 1. The van der Waals surface area contributed by atoms with Gasteiger partial charge in [-0.1, -0.05) is 30.0 Å². The number of hydrogen-bond donors (Lipinski definition) is 1. The molecule has 1 aliphatic rings. The van der Waals surface area contributed by atoms with Gasteiger partial charge in [-0.2, -0.15) is 0 Å². The number of esters is 1. The van der Waals surface area contributed by atoms with E-state index in [1.807, 2.05) is 24.3 Å². The third-order valence-corrected chi connectivity index (χ3v) is 5.39. The zero-order valence-electron chi connectivity index (χ0n) is 16.0. The molecule has 4 aromatic rings. The minimum absolute atomic E-state index is 0.0655. The van der Waals surface area contributed by atoms with Gasteiger partial charge in [-0.15, -0.1) is 10.2 Å². The molecule has 1 N–H and O–H groups in total. The van der Waals surface area contributed by atoms with E-state index in [2.05, 4.69) is 15.2 Å². The first kappa shape index (κ1) is 19.2. The van der Waals surface area contributed by atoms with Crippen LogP contribution in [0.5, 0.6) is 11.5 Å². The molecule has 10 heteroatoms. The lowest BCUT2D eigenvalue weighted by atomic mass is 10.1. The number of aromatic nitrogens is 3. The van der Waals surface area contributed by atoms with Crippen LogP contribution in [0.1, 0.15) is 10.4 Å². The summed E-state index contributed by atoms with van der Waals surface area (Å²) >= 11 is 1.03. The van der Waals surface area contributed by atoms with Crippen LogP contribution in [0.4, 0.5) is 0 Å². The van der Waals surface area contributed by atoms with Gasteiger partial charge in [0.05, 0.1) is 0 Å². The zero-order chi connectivity index (χ0) is 21.2. The number of hydrogen-bond acceptors (Lipinski definition) is 9. The Morgan fingerprint density at radius 2 is 1.97 bits per heavy atom. The van der Waals surface area contributed by atoms with Crippen LogP contribution in [0.25, 0.3) is 22.4 Å². The van der Waals surface area contributed by atoms with E-state index in [0.717, 1.165) is 22.7 Å². The molecular formula is C21H15N3O6S. The summed E-state index contributed by atoms with van der Waals surface area (Å²) in [4.78, 5) is 27.4. The highest BCUT2D eigenvalue weighted by atomic mass is 32.2. The lowest BCUT2D eigenvalue weighted by Gasteiger charge is -2.02. The lowest BCUT2D eigenvalue weighted by Crippen LogP contribution is -2.15. The van der Waals surface area contributed by atoms with E-state index >= 15 is 0 Å². The van der Waals surface area contributed by atoms with Gasteiger partial charge in [0.15, 0.2) is 18.1 Å². The monoisotopic (exact) mass is 437 g/mol. The summed E-state index contributed by atoms with van der Waals surface area (Å²) in [5, 5.41) is 8.91. The summed E-state index contributed by atoms with van der Waals surface area (Å²) in [7, 11) is 0. The smallest absolute Gasteiger partial charge is 0.316 e. The van der Waals surface area contributed by atoms with Gasteiger partial charge in [0.1, 0.15) is 5.75 Å². The summed E-state index contributed by atoms with van der Waals surface area (Å²) in [6.07, 6.45) is 1.62. The highest BCUT2D eigenvalue weighted by Crippen LogP contribution is 2.36. The number of nitrogens with one attached hydrogen (secondary N) is 1. The largest absolute Gasteiger partial charge is 0.457 e. The predicted octanol–water partition coefficient (Wildman–Crippen LogP) is 3.46. The van der Waals surface area contributed by atoms with Crippen molar-refractivity contribution in [1.82, 2.24) is 15.2 Å². The second kappa shape index (κ2) is 8.15. The molecule has 0 unspecified atom stereocenters. The van der Waals surface area contributed by atoms with Gasteiger partial charge in [0.2, 0.25) is 18.5 Å². The SMILES string of the molecule is O=C(CSc1nnc(-c2ccc3c(c2)OCO3)o1)OCC(=O)c1c[nH]c2ccccc12. The van der Waals surface area contributed by atoms with Crippen molar-refractivity contribution in [2.24, 2.45) is 0 Å². The van der Waals surface area contributed by atoms with Crippen molar-refractivity contribution in [2.45, 2.75) is 5.22 Å². The Morgan fingerprint density at radius 3 is 2.90 bits per heavy atom. The number of carbonyl (C=O) groups is 2. The number of Topliss-reactive ketones (excluding diaryl/α,β-unsaturated/α-hetero) is 1. The number of fused-ring (bicyclic) bond motifs is 2. The number of ketones is 1. The standard InChI is InChI=1S/C21H15N3O6S/c25-16(14-8-22-15-4-2-1-3-13(14)15)9-27-19(26)10-31-21-24-23-20(30-21)12-5-6-17-18(7-12)29-11-28-17/h1-8,22H,9-11H2. The third kappa shape index (κ3) is 3.97. The van der Waals surface area contributed by atoms with Gasteiger partial charge >= 0.3 is 5.97 Å². The molecule has 1 aliphatic heterocycles. The zero-order valence-corrected chi connectivity index (χ0v) is 16.8. The van der Waals surface area contributed by atoms with Crippen molar-refractivity contribution >= 4 is 34.4 Å². The highest BCUT2D eigenvalue weighted by Gasteiger charge is 2.18. The van der Waals surface area contributed by atoms with E-state index in [1.165, 1.54) is 0 Å². The number of nitrogens with zero attached hydrogens (tertiary/aromatic N) is 2. The van der Waals surface area contributed by atoms with Crippen LogP contribution in [0.3, 0.4) is 0 Å². The molecule has 0 saturated carbocycles. The maximum Gasteiger partial charge on any atom is 0.316 e. The summed E-state index contributed by atoms with van der Waals surface area (Å²) < 4.78 is 21.3. The van der Waals surface area contributed by atoms with E-state index in [9.17, 15) is 9.59 Å². The Morgan fingerprint density at radius 1 is 1.10 bits per heavy atom. The van der Waals surface area contributed by atoms with E-state index < -0.39 is 5.97 Å². The Balaban J connectivity index is 1.15. The number of benzene rings is 2. The van der Waals surface area contributed by atoms with Gasteiger partial charge in [-0.25, -0.2) is 0 Å². The van der Waals surface area contributed by atoms with Crippen molar-refractivity contribution in [2.75, 3.05) is 19.2 Å². The second-order valence-corrected chi connectivity index (χ2v) is 7.49. The van der Waals surface area contributed by atoms with E-state index in [0.29, 0.717) is 28.5 Å². The number of H-pyrrole nitrogens is 1. The molecule has 0 atom stereocenters. The molecule has 2 aromatic carbocycles. The normalized spacial score (nSPS) is 12.3. The molecule has 0 fully saturated rings. The molecule has 0 spiro atoms. The maximum atomic E-state index is 12.4. The fraction of sp³-hybridized carbons (Fsp3) is 0.143. The Kier molecular flexibility index (Phi) is 5.04. The van der Waals surface area contributed by atoms with Gasteiger partial charge in [0.25, 0.3) is 5.22 Å². The Labute approximate surface area is 179 Å².